The van der Waals surface area contributed by atoms with Gasteiger partial charge in [-0.2, -0.15) is 0 Å². The summed E-state index contributed by atoms with van der Waals surface area (Å²) in [5.74, 6) is -0.339. The van der Waals surface area contributed by atoms with Gasteiger partial charge in [-0.05, 0) is 56.7 Å². The third-order valence-corrected chi connectivity index (χ3v) is 4.31. The Morgan fingerprint density at radius 2 is 1.68 bits per heavy atom. The SMILES string of the molecule is Cc1cc(C(=O)NC(C)C)ccc1NC(=O)c1ccc(-c2cnnn2C)cc1. The highest BCUT2D eigenvalue weighted by atomic mass is 16.2. The number of hydrogen-bond donors (Lipinski definition) is 2. The minimum atomic E-state index is -0.211. The van der Waals surface area contributed by atoms with Gasteiger partial charge in [-0.3, -0.25) is 9.59 Å². The molecule has 0 saturated heterocycles. The van der Waals surface area contributed by atoms with Gasteiger partial charge in [-0.15, -0.1) is 5.10 Å². The van der Waals surface area contributed by atoms with Gasteiger partial charge in [0.25, 0.3) is 11.8 Å². The van der Waals surface area contributed by atoms with Crippen molar-refractivity contribution in [1.29, 1.82) is 0 Å². The van der Waals surface area contributed by atoms with Crippen LogP contribution in [-0.4, -0.2) is 32.9 Å². The molecule has 0 radical (unpaired) electrons. The molecule has 0 atom stereocenters. The zero-order valence-corrected chi connectivity index (χ0v) is 16.4. The van der Waals surface area contributed by atoms with E-state index in [4.69, 9.17) is 0 Å². The second-order valence-corrected chi connectivity index (χ2v) is 6.93. The zero-order valence-electron chi connectivity index (χ0n) is 16.4. The number of nitrogens with one attached hydrogen (secondary N) is 2. The maximum atomic E-state index is 12.6. The van der Waals surface area contributed by atoms with Crippen molar-refractivity contribution in [3.05, 3.63) is 65.4 Å². The van der Waals surface area contributed by atoms with Gasteiger partial charge < -0.3 is 10.6 Å². The molecule has 28 heavy (non-hydrogen) atoms. The van der Waals surface area contributed by atoms with Crippen LogP contribution in [0.2, 0.25) is 0 Å². The molecule has 0 aliphatic rings. The van der Waals surface area contributed by atoms with E-state index in [1.54, 1.807) is 41.2 Å². The second kappa shape index (κ2) is 8.04. The van der Waals surface area contributed by atoms with Crippen LogP contribution in [0, 0.1) is 6.92 Å². The van der Waals surface area contributed by atoms with Crippen molar-refractivity contribution < 1.29 is 9.59 Å². The lowest BCUT2D eigenvalue weighted by Gasteiger charge is -2.12. The Morgan fingerprint density at radius 1 is 1.00 bits per heavy atom. The highest BCUT2D eigenvalue weighted by Gasteiger charge is 2.12. The average Bonchev–Trinajstić information content (AvgIpc) is 3.08. The lowest BCUT2D eigenvalue weighted by Crippen LogP contribution is -2.30. The second-order valence-electron chi connectivity index (χ2n) is 6.93. The van der Waals surface area contributed by atoms with Gasteiger partial charge in [0.15, 0.2) is 0 Å². The minimum absolute atomic E-state index is 0.0669. The van der Waals surface area contributed by atoms with Crippen LogP contribution < -0.4 is 10.6 Å². The molecule has 3 aromatic rings. The molecule has 2 N–H and O–H groups in total. The third-order valence-electron chi connectivity index (χ3n) is 4.31. The zero-order chi connectivity index (χ0) is 20.3. The molecule has 2 amide bonds. The summed E-state index contributed by atoms with van der Waals surface area (Å²) in [5, 5.41) is 13.5. The van der Waals surface area contributed by atoms with Gasteiger partial charge in [0, 0.05) is 35.5 Å². The fraction of sp³-hybridized carbons (Fsp3) is 0.238. The van der Waals surface area contributed by atoms with E-state index in [1.165, 1.54) is 0 Å². The van der Waals surface area contributed by atoms with Crippen molar-refractivity contribution in [2.24, 2.45) is 7.05 Å². The summed E-state index contributed by atoms with van der Waals surface area (Å²) < 4.78 is 1.68. The van der Waals surface area contributed by atoms with Crippen molar-refractivity contribution in [1.82, 2.24) is 20.3 Å². The van der Waals surface area contributed by atoms with Crippen molar-refractivity contribution in [2.45, 2.75) is 26.8 Å². The first-order valence-corrected chi connectivity index (χ1v) is 9.03. The Kier molecular flexibility index (Phi) is 5.54. The topological polar surface area (TPSA) is 88.9 Å². The number of carbonyl (C=O) groups excluding carboxylic acids is 2. The molecule has 3 rings (SSSR count). The molecular formula is C21H23N5O2. The summed E-state index contributed by atoms with van der Waals surface area (Å²) in [5.41, 5.74) is 4.41. The summed E-state index contributed by atoms with van der Waals surface area (Å²) in [7, 11) is 1.82. The molecule has 0 saturated carbocycles. The van der Waals surface area contributed by atoms with Gasteiger partial charge in [0.1, 0.15) is 0 Å². The number of benzene rings is 2. The lowest BCUT2D eigenvalue weighted by atomic mass is 10.1. The highest BCUT2D eigenvalue weighted by Crippen LogP contribution is 2.20. The first-order valence-electron chi connectivity index (χ1n) is 9.03. The fourth-order valence-electron chi connectivity index (χ4n) is 2.83. The Labute approximate surface area is 163 Å². The summed E-state index contributed by atoms with van der Waals surface area (Å²) in [4.78, 5) is 24.7. The van der Waals surface area contributed by atoms with Crippen LogP contribution in [0.5, 0.6) is 0 Å². The van der Waals surface area contributed by atoms with E-state index in [9.17, 15) is 9.59 Å². The predicted molar refractivity (Wildman–Crippen MR) is 108 cm³/mol. The van der Waals surface area contributed by atoms with E-state index in [-0.39, 0.29) is 17.9 Å². The van der Waals surface area contributed by atoms with Crippen LogP contribution in [0.1, 0.15) is 40.1 Å². The van der Waals surface area contributed by atoms with Gasteiger partial charge in [-0.25, -0.2) is 4.68 Å². The Balaban J connectivity index is 1.72. The predicted octanol–water partition coefficient (Wildman–Crippen LogP) is 3.18. The van der Waals surface area contributed by atoms with Crippen molar-refractivity contribution in [3.63, 3.8) is 0 Å². The van der Waals surface area contributed by atoms with E-state index >= 15 is 0 Å². The Bertz CT molecular complexity index is 1010. The number of anilines is 1. The van der Waals surface area contributed by atoms with E-state index in [1.807, 2.05) is 40.0 Å². The van der Waals surface area contributed by atoms with Crippen LogP contribution in [-0.2, 0) is 7.05 Å². The maximum Gasteiger partial charge on any atom is 0.255 e. The van der Waals surface area contributed by atoms with E-state index < -0.39 is 0 Å². The molecule has 0 unspecified atom stereocenters. The first-order chi connectivity index (χ1) is 13.3. The van der Waals surface area contributed by atoms with Crippen molar-refractivity contribution in [3.8, 4) is 11.3 Å². The number of carbonyl (C=O) groups is 2. The van der Waals surface area contributed by atoms with E-state index in [0.29, 0.717) is 16.8 Å². The molecule has 0 spiro atoms. The number of aryl methyl sites for hydroxylation is 2. The molecule has 2 aromatic carbocycles. The number of aromatic nitrogens is 3. The van der Waals surface area contributed by atoms with Crippen LogP contribution in [0.15, 0.2) is 48.7 Å². The molecule has 0 bridgehead atoms. The maximum absolute atomic E-state index is 12.6. The van der Waals surface area contributed by atoms with Crippen LogP contribution in [0.4, 0.5) is 5.69 Å². The van der Waals surface area contributed by atoms with E-state index in [0.717, 1.165) is 16.8 Å². The Hall–Kier alpha value is -3.48. The van der Waals surface area contributed by atoms with Gasteiger partial charge >= 0.3 is 0 Å². The number of nitrogens with zero attached hydrogens (tertiary/aromatic N) is 3. The lowest BCUT2D eigenvalue weighted by molar-refractivity contribution is 0.0942. The molecule has 1 aromatic heterocycles. The fourth-order valence-corrected chi connectivity index (χ4v) is 2.83. The summed E-state index contributed by atoms with van der Waals surface area (Å²) in [6.45, 7) is 5.69. The van der Waals surface area contributed by atoms with Crippen molar-refractivity contribution >= 4 is 17.5 Å². The summed E-state index contributed by atoms with van der Waals surface area (Å²) >= 11 is 0. The van der Waals surface area contributed by atoms with Crippen LogP contribution in [0.3, 0.4) is 0 Å². The third kappa shape index (κ3) is 4.25. The largest absolute Gasteiger partial charge is 0.350 e. The highest BCUT2D eigenvalue weighted by molar-refractivity contribution is 6.05. The molecule has 0 fully saturated rings. The van der Waals surface area contributed by atoms with Crippen molar-refractivity contribution in [2.75, 3.05) is 5.32 Å². The molecule has 7 nitrogen and oxygen atoms in total. The number of amides is 2. The smallest absolute Gasteiger partial charge is 0.255 e. The molecule has 0 aliphatic heterocycles. The molecule has 7 heteroatoms. The van der Waals surface area contributed by atoms with Gasteiger partial charge in [0.2, 0.25) is 0 Å². The van der Waals surface area contributed by atoms with Crippen LogP contribution in [0.25, 0.3) is 11.3 Å². The number of rotatable bonds is 5. The quantitative estimate of drug-likeness (QED) is 0.715. The Morgan fingerprint density at radius 3 is 2.25 bits per heavy atom. The van der Waals surface area contributed by atoms with Crippen LogP contribution >= 0.6 is 0 Å². The number of hydrogen-bond acceptors (Lipinski definition) is 4. The molecule has 144 valence electrons. The normalized spacial score (nSPS) is 10.8. The molecule has 1 heterocycles. The summed E-state index contributed by atoms with van der Waals surface area (Å²) in [6.07, 6.45) is 1.68. The summed E-state index contributed by atoms with van der Waals surface area (Å²) in [6, 6.07) is 12.5. The monoisotopic (exact) mass is 377 g/mol. The van der Waals surface area contributed by atoms with Gasteiger partial charge in [0.05, 0.1) is 11.9 Å². The van der Waals surface area contributed by atoms with Gasteiger partial charge in [-0.1, -0.05) is 17.3 Å². The standard InChI is InChI=1S/C21H23N5O2/c1-13(2)23-21(28)17-9-10-18(14(3)11-17)24-20(27)16-7-5-15(6-8-16)19-12-22-25-26(19)4/h5-13H,1-4H3,(H,23,28)(H,24,27). The van der Waals surface area contributed by atoms with E-state index in [2.05, 4.69) is 20.9 Å². The average molecular weight is 377 g/mol. The first kappa shape index (κ1) is 19.3. The molecule has 0 aliphatic carbocycles. The minimum Gasteiger partial charge on any atom is -0.350 e. The molecular weight excluding hydrogens is 354 g/mol.